The molecule has 0 aliphatic rings. The Bertz CT molecular complexity index is 836. The van der Waals surface area contributed by atoms with Gasteiger partial charge in [0.15, 0.2) is 6.61 Å². The predicted octanol–water partition coefficient (Wildman–Crippen LogP) is 2.87. The molecule has 0 heterocycles. The van der Waals surface area contributed by atoms with E-state index in [0.29, 0.717) is 16.3 Å². The van der Waals surface area contributed by atoms with Crippen LogP contribution in [0, 0.1) is 13.8 Å². The fraction of sp³-hybridized carbons (Fsp3) is 0.211. The highest BCUT2D eigenvalue weighted by atomic mass is 35.5. The average Bonchev–Trinajstić information content (AvgIpc) is 2.60. The van der Waals surface area contributed by atoms with Crippen LogP contribution in [0.2, 0.25) is 5.02 Å². The molecule has 0 atom stereocenters. The summed E-state index contributed by atoms with van der Waals surface area (Å²) >= 11 is 5.82. The van der Waals surface area contributed by atoms with Gasteiger partial charge in [-0.15, -0.1) is 0 Å². The van der Waals surface area contributed by atoms with Gasteiger partial charge >= 0.3 is 5.97 Å². The van der Waals surface area contributed by atoms with Crippen molar-refractivity contribution in [1.29, 1.82) is 0 Å². The zero-order valence-corrected chi connectivity index (χ0v) is 15.2. The molecule has 2 aromatic carbocycles. The largest absolute Gasteiger partial charge is 0.454 e. The minimum absolute atomic E-state index is 0.323. The quantitative estimate of drug-likeness (QED) is 0.761. The van der Waals surface area contributed by atoms with Crippen molar-refractivity contribution in [2.45, 2.75) is 13.8 Å². The number of carbonyl (C=O) groups excluding carboxylic acids is 3. The first-order valence-electron chi connectivity index (χ1n) is 7.91. The third-order valence-electron chi connectivity index (χ3n) is 3.64. The van der Waals surface area contributed by atoms with Crippen LogP contribution in [0.15, 0.2) is 42.5 Å². The Labute approximate surface area is 156 Å². The van der Waals surface area contributed by atoms with Crippen molar-refractivity contribution in [1.82, 2.24) is 5.32 Å². The number of carbonyl (C=O) groups is 3. The maximum absolute atomic E-state index is 12.0. The van der Waals surface area contributed by atoms with Crippen molar-refractivity contribution in [3.63, 3.8) is 0 Å². The monoisotopic (exact) mass is 374 g/mol. The van der Waals surface area contributed by atoms with Gasteiger partial charge in [-0.1, -0.05) is 23.7 Å². The lowest BCUT2D eigenvalue weighted by Crippen LogP contribution is -2.32. The van der Waals surface area contributed by atoms with Crippen molar-refractivity contribution < 1.29 is 19.1 Å². The average molecular weight is 375 g/mol. The molecule has 0 bridgehead atoms. The molecule has 0 saturated heterocycles. The molecular formula is C19H19ClN2O4. The first-order valence-corrected chi connectivity index (χ1v) is 8.29. The Morgan fingerprint density at radius 2 is 1.81 bits per heavy atom. The molecule has 2 aromatic rings. The summed E-state index contributed by atoms with van der Waals surface area (Å²) in [6.45, 7) is 3.07. The van der Waals surface area contributed by atoms with Crippen LogP contribution in [0.1, 0.15) is 21.5 Å². The fourth-order valence-corrected chi connectivity index (χ4v) is 2.29. The molecule has 2 N–H and O–H groups in total. The number of rotatable bonds is 6. The van der Waals surface area contributed by atoms with Gasteiger partial charge in [-0.3, -0.25) is 14.4 Å². The van der Waals surface area contributed by atoms with E-state index >= 15 is 0 Å². The van der Waals surface area contributed by atoms with Gasteiger partial charge in [-0.2, -0.15) is 0 Å². The van der Waals surface area contributed by atoms with Crippen LogP contribution in [-0.4, -0.2) is 30.9 Å². The molecule has 7 heteroatoms. The summed E-state index contributed by atoms with van der Waals surface area (Å²) in [6, 6.07) is 11.9. The molecule has 26 heavy (non-hydrogen) atoms. The SMILES string of the molecule is Cc1ccc(C(=O)NCC(=O)OCC(=O)Nc2cccc(Cl)c2)cc1C. The number of nitrogens with one attached hydrogen (secondary N) is 2. The predicted molar refractivity (Wildman–Crippen MR) is 99.3 cm³/mol. The molecule has 0 unspecified atom stereocenters. The summed E-state index contributed by atoms with van der Waals surface area (Å²) in [5.41, 5.74) is 3.02. The van der Waals surface area contributed by atoms with Gasteiger partial charge in [0, 0.05) is 16.3 Å². The summed E-state index contributed by atoms with van der Waals surface area (Å²) in [4.78, 5) is 35.4. The summed E-state index contributed by atoms with van der Waals surface area (Å²) in [5.74, 6) is -1.59. The molecule has 0 aliphatic heterocycles. The van der Waals surface area contributed by atoms with E-state index in [1.54, 1.807) is 36.4 Å². The number of aryl methyl sites for hydroxylation is 2. The molecule has 0 radical (unpaired) electrons. The van der Waals surface area contributed by atoms with E-state index < -0.39 is 18.5 Å². The fourth-order valence-electron chi connectivity index (χ4n) is 2.10. The Hall–Kier alpha value is -2.86. The summed E-state index contributed by atoms with van der Waals surface area (Å²) < 4.78 is 4.84. The number of halogens is 1. The maximum Gasteiger partial charge on any atom is 0.325 e. The highest BCUT2D eigenvalue weighted by Gasteiger charge is 2.11. The lowest BCUT2D eigenvalue weighted by molar-refractivity contribution is -0.146. The number of amides is 2. The van der Waals surface area contributed by atoms with Crippen molar-refractivity contribution in [2.75, 3.05) is 18.5 Å². The van der Waals surface area contributed by atoms with E-state index in [0.717, 1.165) is 11.1 Å². The minimum Gasteiger partial charge on any atom is -0.454 e. The van der Waals surface area contributed by atoms with Crippen LogP contribution in [0.3, 0.4) is 0 Å². The van der Waals surface area contributed by atoms with Gasteiger partial charge < -0.3 is 15.4 Å². The Kier molecular flexibility index (Phi) is 6.74. The second kappa shape index (κ2) is 9.01. The third kappa shape index (κ3) is 5.89. The molecule has 0 aromatic heterocycles. The Morgan fingerprint density at radius 3 is 2.50 bits per heavy atom. The first-order chi connectivity index (χ1) is 12.3. The normalized spacial score (nSPS) is 10.1. The molecule has 6 nitrogen and oxygen atoms in total. The zero-order chi connectivity index (χ0) is 19.1. The van der Waals surface area contributed by atoms with Crippen LogP contribution in [0.5, 0.6) is 0 Å². The topological polar surface area (TPSA) is 84.5 Å². The van der Waals surface area contributed by atoms with E-state index in [1.807, 2.05) is 19.9 Å². The van der Waals surface area contributed by atoms with Gasteiger partial charge in [0.1, 0.15) is 6.54 Å². The van der Waals surface area contributed by atoms with Crippen molar-refractivity contribution >= 4 is 35.1 Å². The van der Waals surface area contributed by atoms with Crippen molar-refractivity contribution in [2.24, 2.45) is 0 Å². The van der Waals surface area contributed by atoms with Crippen molar-refractivity contribution in [3.8, 4) is 0 Å². The van der Waals surface area contributed by atoms with E-state index in [9.17, 15) is 14.4 Å². The van der Waals surface area contributed by atoms with Crippen LogP contribution in [-0.2, 0) is 14.3 Å². The van der Waals surface area contributed by atoms with Crippen LogP contribution < -0.4 is 10.6 Å². The highest BCUT2D eigenvalue weighted by molar-refractivity contribution is 6.30. The lowest BCUT2D eigenvalue weighted by Gasteiger charge is -2.08. The van der Waals surface area contributed by atoms with Gasteiger partial charge in [0.05, 0.1) is 0 Å². The molecular weight excluding hydrogens is 356 g/mol. The molecule has 2 amide bonds. The second-order valence-corrected chi connectivity index (χ2v) is 6.14. The number of hydrogen-bond acceptors (Lipinski definition) is 4. The number of esters is 1. The van der Waals surface area contributed by atoms with Gasteiger partial charge in [0.2, 0.25) is 0 Å². The van der Waals surface area contributed by atoms with Crippen LogP contribution in [0.25, 0.3) is 0 Å². The van der Waals surface area contributed by atoms with E-state index in [-0.39, 0.29) is 12.5 Å². The minimum atomic E-state index is -0.705. The summed E-state index contributed by atoms with van der Waals surface area (Å²) in [6.07, 6.45) is 0. The summed E-state index contributed by atoms with van der Waals surface area (Å²) in [5, 5.41) is 5.50. The number of hydrogen-bond donors (Lipinski definition) is 2. The number of benzene rings is 2. The van der Waals surface area contributed by atoms with Crippen molar-refractivity contribution in [3.05, 3.63) is 64.2 Å². The number of anilines is 1. The highest BCUT2D eigenvalue weighted by Crippen LogP contribution is 2.14. The smallest absolute Gasteiger partial charge is 0.325 e. The Morgan fingerprint density at radius 1 is 1.04 bits per heavy atom. The third-order valence-corrected chi connectivity index (χ3v) is 3.87. The van der Waals surface area contributed by atoms with E-state index in [1.165, 1.54) is 0 Å². The van der Waals surface area contributed by atoms with E-state index in [2.05, 4.69) is 10.6 Å². The van der Waals surface area contributed by atoms with Gasteiger partial charge in [-0.05, 0) is 55.3 Å². The van der Waals surface area contributed by atoms with Gasteiger partial charge in [0.25, 0.3) is 11.8 Å². The molecule has 2 rings (SSSR count). The zero-order valence-electron chi connectivity index (χ0n) is 14.5. The number of ether oxygens (including phenoxy) is 1. The van der Waals surface area contributed by atoms with Crippen LogP contribution >= 0.6 is 11.6 Å². The standard InChI is InChI=1S/C19H19ClN2O4/c1-12-6-7-14(8-13(12)2)19(25)21-10-18(24)26-11-17(23)22-16-5-3-4-15(20)9-16/h3-9H,10-11H2,1-2H3,(H,21,25)(H,22,23). The molecule has 0 saturated carbocycles. The van der Waals surface area contributed by atoms with Gasteiger partial charge in [-0.25, -0.2) is 0 Å². The molecule has 0 fully saturated rings. The first kappa shape index (κ1) is 19.5. The molecule has 0 spiro atoms. The molecule has 0 aliphatic carbocycles. The molecule has 136 valence electrons. The van der Waals surface area contributed by atoms with E-state index in [4.69, 9.17) is 16.3 Å². The Balaban J connectivity index is 1.75. The lowest BCUT2D eigenvalue weighted by atomic mass is 10.1. The maximum atomic E-state index is 12.0. The van der Waals surface area contributed by atoms with Crippen LogP contribution in [0.4, 0.5) is 5.69 Å². The summed E-state index contributed by atoms with van der Waals surface area (Å²) in [7, 11) is 0. The second-order valence-electron chi connectivity index (χ2n) is 5.70.